The van der Waals surface area contributed by atoms with Gasteiger partial charge in [0.1, 0.15) is 11.5 Å². The number of hydrogen-bond donors (Lipinski definition) is 2. The summed E-state index contributed by atoms with van der Waals surface area (Å²) in [6, 6.07) is 11.8. The molecule has 2 N–H and O–H groups in total. The average Bonchev–Trinajstić information content (AvgIpc) is 3.43. The van der Waals surface area contributed by atoms with Gasteiger partial charge in [-0.05, 0) is 42.5 Å². The van der Waals surface area contributed by atoms with Crippen molar-refractivity contribution in [2.24, 2.45) is 0 Å². The molecule has 0 bridgehead atoms. The van der Waals surface area contributed by atoms with Crippen molar-refractivity contribution < 1.29 is 18.7 Å². The number of carbonyl (C=O) groups excluding carboxylic acids is 1. The summed E-state index contributed by atoms with van der Waals surface area (Å²) in [5, 5.41) is 16.7. The van der Waals surface area contributed by atoms with Crippen molar-refractivity contribution >= 4 is 17.4 Å². The summed E-state index contributed by atoms with van der Waals surface area (Å²) in [6.45, 7) is 0.183. The van der Waals surface area contributed by atoms with Crippen LogP contribution in [0, 0.1) is 11.8 Å². The van der Waals surface area contributed by atoms with E-state index < -0.39 is 11.9 Å². The number of carbonyl (C=O) groups is 1. The third-order valence-electron chi connectivity index (χ3n) is 5.09. The fourth-order valence-corrected chi connectivity index (χ4v) is 3.55. The van der Waals surface area contributed by atoms with E-state index in [2.05, 4.69) is 25.4 Å². The minimum absolute atomic E-state index is 0.106. The number of nitrogens with zero attached hydrogens (tertiary/aromatic N) is 6. The van der Waals surface area contributed by atoms with Gasteiger partial charge >= 0.3 is 0 Å². The van der Waals surface area contributed by atoms with Gasteiger partial charge in [-0.1, -0.05) is 0 Å². The number of benzene rings is 1. The minimum atomic E-state index is -0.759. The molecular weight excluding hydrogens is 444 g/mol. The molecule has 9 nitrogen and oxygen atoms in total. The molecule has 0 spiro atoms. The van der Waals surface area contributed by atoms with Crippen LogP contribution in [0.15, 0.2) is 67.3 Å². The highest BCUT2D eigenvalue weighted by Gasteiger charge is 2.18. The number of aliphatic hydroxyl groups is 1. The van der Waals surface area contributed by atoms with Crippen LogP contribution in [-0.2, 0) is 6.54 Å². The van der Waals surface area contributed by atoms with Gasteiger partial charge in [-0.15, -0.1) is 0 Å². The maximum absolute atomic E-state index is 13.4. The fourth-order valence-electron chi connectivity index (χ4n) is 3.55. The Hall–Kier alpha value is -4.51. The maximum atomic E-state index is 13.4. The highest BCUT2D eigenvalue weighted by Crippen LogP contribution is 2.30. The van der Waals surface area contributed by atoms with Crippen LogP contribution >= 0.6 is 0 Å². The fraction of sp³-hybridized carbons (Fsp3) is 0.0870. The molecule has 4 aromatic heterocycles. The molecule has 0 saturated carbocycles. The Kier molecular flexibility index (Phi) is 5.52. The lowest BCUT2D eigenvalue weighted by Crippen LogP contribution is -2.12. The van der Waals surface area contributed by atoms with Crippen LogP contribution in [0.4, 0.5) is 14.6 Å². The van der Waals surface area contributed by atoms with Crippen LogP contribution in [0.25, 0.3) is 28.3 Å². The van der Waals surface area contributed by atoms with E-state index in [9.17, 15) is 18.7 Å². The SMILES string of the molecule is O=C(Nc1cn2nc(-c3c(-c4ccc(F)cc4)ncn3CCO)ccc2n1)c1ccnc(F)c1. The molecule has 170 valence electrons. The summed E-state index contributed by atoms with van der Waals surface area (Å²) in [7, 11) is 0. The zero-order valence-corrected chi connectivity index (χ0v) is 17.6. The van der Waals surface area contributed by atoms with Crippen molar-refractivity contribution in [3.05, 3.63) is 84.6 Å². The van der Waals surface area contributed by atoms with Gasteiger partial charge in [-0.25, -0.2) is 23.9 Å². The first kappa shape index (κ1) is 21.3. The van der Waals surface area contributed by atoms with Gasteiger partial charge in [-0.3, -0.25) is 4.79 Å². The van der Waals surface area contributed by atoms with Crippen LogP contribution < -0.4 is 5.32 Å². The Bertz CT molecular complexity index is 1500. The smallest absolute Gasteiger partial charge is 0.257 e. The zero-order chi connectivity index (χ0) is 23.7. The van der Waals surface area contributed by atoms with Crippen molar-refractivity contribution in [2.75, 3.05) is 11.9 Å². The van der Waals surface area contributed by atoms with E-state index in [0.717, 1.165) is 6.07 Å². The van der Waals surface area contributed by atoms with Crippen LogP contribution in [0.2, 0.25) is 0 Å². The molecule has 5 rings (SSSR count). The van der Waals surface area contributed by atoms with Crippen molar-refractivity contribution in [2.45, 2.75) is 6.54 Å². The van der Waals surface area contributed by atoms with Gasteiger partial charge in [0.25, 0.3) is 5.91 Å². The molecule has 1 aromatic carbocycles. The third kappa shape index (κ3) is 4.11. The number of aliphatic hydroxyl groups excluding tert-OH is 1. The highest BCUT2D eigenvalue weighted by atomic mass is 19.1. The zero-order valence-electron chi connectivity index (χ0n) is 17.6. The topological polar surface area (TPSA) is 110 Å². The molecular formula is C23H17F2N7O2. The molecule has 5 aromatic rings. The Morgan fingerprint density at radius 2 is 1.88 bits per heavy atom. The lowest BCUT2D eigenvalue weighted by atomic mass is 10.1. The third-order valence-corrected chi connectivity index (χ3v) is 5.09. The van der Waals surface area contributed by atoms with E-state index >= 15 is 0 Å². The lowest BCUT2D eigenvalue weighted by Gasteiger charge is -2.09. The normalized spacial score (nSPS) is 11.1. The molecule has 0 fully saturated rings. The molecule has 0 aliphatic rings. The van der Waals surface area contributed by atoms with Gasteiger partial charge < -0.3 is 15.0 Å². The van der Waals surface area contributed by atoms with Crippen LogP contribution in [0.5, 0.6) is 0 Å². The number of hydrogen-bond acceptors (Lipinski definition) is 6. The number of imidazole rings is 2. The number of pyridine rings is 1. The van der Waals surface area contributed by atoms with E-state index in [0.29, 0.717) is 28.3 Å². The second kappa shape index (κ2) is 8.79. The van der Waals surface area contributed by atoms with Gasteiger partial charge in [0, 0.05) is 29.9 Å². The Morgan fingerprint density at radius 1 is 1.06 bits per heavy atom. The molecule has 0 saturated heterocycles. The monoisotopic (exact) mass is 461 g/mol. The Balaban J connectivity index is 1.51. The standard InChI is InChI=1S/C23H17F2N7O2/c24-16-3-1-14(2-4-16)21-22(31(9-10-33)13-27-21)17-5-6-20-28-19(12-32(20)30-17)29-23(34)15-7-8-26-18(25)11-15/h1-8,11-13,33H,9-10H2,(H,29,34). The Labute approximate surface area is 191 Å². The van der Waals surface area contributed by atoms with E-state index in [1.54, 1.807) is 35.2 Å². The minimum Gasteiger partial charge on any atom is -0.395 e. The van der Waals surface area contributed by atoms with Gasteiger partial charge in [0.2, 0.25) is 5.95 Å². The predicted octanol–water partition coefficient (Wildman–Crippen LogP) is 3.18. The first-order valence-electron chi connectivity index (χ1n) is 10.2. The molecule has 0 radical (unpaired) electrons. The van der Waals surface area contributed by atoms with E-state index in [-0.39, 0.29) is 30.4 Å². The summed E-state index contributed by atoms with van der Waals surface area (Å²) in [5.41, 5.74) is 3.01. The van der Waals surface area contributed by atoms with Crippen LogP contribution in [0.3, 0.4) is 0 Å². The second-order valence-electron chi connectivity index (χ2n) is 7.33. The maximum Gasteiger partial charge on any atom is 0.257 e. The number of amides is 1. The summed E-state index contributed by atoms with van der Waals surface area (Å²) in [5.74, 6) is -1.42. The van der Waals surface area contributed by atoms with Crippen molar-refractivity contribution in [1.29, 1.82) is 0 Å². The molecule has 0 aliphatic carbocycles. The van der Waals surface area contributed by atoms with Crippen molar-refractivity contribution in [1.82, 2.24) is 29.1 Å². The van der Waals surface area contributed by atoms with Crippen LogP contribution in [0.1, 0.15) is 10.4 Å². The molecule has 34 heavy (non-hydrogen) atoms. The van der Waals surface area contributed by atoms with E-state index in [1.807, 2.05) is 0 Å². The largest absolute Gasteiger partial charge is 0.395 e. The predicted molar refractivity (Wildman–Crippen MR) is 119 cm³/mol. The summed E-state index contributed by atoms with van der Waals surface area (Å²) in [6.07, 6.45) is 4.32. The second-order valence-corrected chi connectivity index (χ2v) is 7.33. The first-order chi connectivity index (χ1) is 16.5. The number of nitrogens with one attached hydrogen (secondary N) is 1. The molecule has 1 amide bonds. The summed E-state index contributed by atoms with van der Waals surface area (Å²) < 4.78 is 30.0. The van der Waals surface area contributed by atoms with Gasteiger partial charge in [-0.2, -0.15) is 9.49 Å². The summed E-state index contributed by atoms with van der Waals surface area (Å²) >= 11 is 0. The number of halogens is 2. The average molecular weight is 461 g/mol. The summed E-state index contributed by atoms with van der Waals surface area (Å²) in [4.78, 5) is 24.6. The number of anilines is 1. The van der Waals surface area contributed by atoms with Crippen molar-refractivity contribution in [3.8, 4) is 22.6 Å². The first-order valence-corrected chi connectivity index (χ1v) is 10.2. The van der Waals surface area contributed by atoms with Gasteiger partial charge in [0.15, 0.2) is 11.5 Å². The molecule has 0 unspecified atom stereocenters. The van der Waals surface area contributed by atoms with E-state index in [4.69, 9.17) is 0 Å². The number of rotatable bonds is 6. The van der Waals surface area contributed by atoms with E-state index in [1.165, 1.54) is 35.1 Å². The van der Waals surface area contributed by atoms with Crippen molar-refractivity contribution in [3.63, 3.8) is 0 Å². The molecule has 11 heteroatoms. The number of aromatic nitrogens is 6. The molecule has 0 aliphatic heterocycles. The Morgan fingerprint density at radius 3 is 2.65 bits per heavy atom. The molecule has 0 atom stereocenters. The highest BCUT2D eigenvalue weighted by molar-refractivity contribution is 6.03. The van der Waals surface area contributed by atoms with Gasteiger partial charge in [0.05, 0.1) is 30.5 Å². The van der Waals surface area contributed by atoms with Crippen LogP contribution in [-0.4, -0.2) is 46.8 Å². The lowest BCUT2D eigenvalue weighted by molar-refractivity contribution is 0.102. The molecule has 4 heterocycles. The number of fused-ring (bicyclic) bond motifs is 1. The quantitative estimate of drug-likeness (QED) is 0.376.